The number of carboxylic acids is 1. The molecule has 1 aliphatic heterocycles. The Morgan fingerprint density at radius 1 is 0.923 bits per heavy atom. The summed E-state index contributed by atoms with van der Waals surface area (Å²) in [6.45, 7) is 3.92. The number of aliphatic hydroxyl groups excluding tert-OH is 1. The van der Waals surface area contributed by atoms with E-state index in [1.54, 1.807) is 12.1 Å². The highest BCUT2D eigenvalue weighted by Crippen LogP contribution is 2.33. The first-order chi connectivity index (χ1) is 18.8. The molecule has 0 radical (unpaired) electrons. The van der Waals surface area contributed by atoms with Gasteiger partial charge < -0.3 is 10.2 Å². The third kappa shape index (κ3) is 5.61. The van der Waals surface area contributed by atoms with Gasteiger partial charge in [0.05, 0.1) is 30.5 Å². The Morgan fingerprint density at radius 2 is 1.64 bits per heavy atom. The van der Waals surface area contributed by atoms with E-state index in [0.717, 1.165) is 39.2 Å². The predicted octanol–water partition coefficient (Wildman–Crippen LogP) is 6.59. The van der Waals surface area contributed by atoms with Crippen molar-refractivity contribution in [3.05, 3.63) is 125 Å². The van der Waals surface area contributed by atoms with Crippen LogP contribution in [0.2, 0.25) is 0 Å². The van der Waals surface area contributed by atoms with Crippen molar-refractivity contribution in [1.29, 1.82) is 0 Å². The van der Waals surface area contributed by atoms with Crippen LogP contribution in [0.4, 0.5) is 10.1 Å². The SMILES string of the molecule is Cc1cc(-c2cc(CO)ccc2F)ccc1Cc1ccc(N2N=C(c3ccccc3)C(C)C2CC(=O)O)cc1. The monoisotopic (exact) mass is 522 g/mol. The lowest BCUT2D eigenvalue weighted by molar-refractivity contribution is -0.137. The van der Waals surface area contributed by atoms with Gasteiger partial charge in [0.1, 0.15) is 5.82 Å². The van der Waals surface area contributed by atoms with E-state index in [-0.39, 0.29) is 30.8 Å². The Labute approximate surface area is 227 Å². The van der Waals surface area contributed by atoms with Crippen molar-refractivity contribution in [2.24, 2.45) is 11.0 Å². The summed E-state index contributed by atoms with van der Waals surface area (Å²) in [5, 5.41) is 25.7. The molecule has 0 saturated carbocycles. The lowest BCUT2D eigenvalue weighted by Crippen LogP contribution is -2.34. The zero-order valence-electron chi connectivity index (χ0n) is 22.0. The van der Waals surface area contributed by atoms with Gasteiger partial charge in [0.2, 0.25) is 0 Å². The van der Waals surface area contributed by atoms with Gasteiger partial charge in [-0.1, -0.05) is 73.7 Å². The van der Waals surface area contributed by atoms with Crippen LogP contribution in [0.15, 0.2) is 96.1 Å². The second-order valence-corrected chi connectivity index (χ2v) is 10.1. The lowest BCUT2D eigenvalue weighted by Gasteiger charge is -2.25. The summed E-state index contributed by atoms with van der Waals surface area (Å²) < 4.78 is 14.5. The van der Waals surface area contributed by atoms with Crippen molar-refractivity contribution in [3.63, 3.8) is 0 Å². The number of aliphatic carboxylic acids is 1. The molecular weight excluding hydrogens is 491 g/mol. The van der Waals surface area contributed by atoms with Crippen LogP contribution in [0.25, 0.3) is 11.1 Å². The van der Waals surface area contributed by atoms with Gasteiger partial charge in [-0.05, 0) is 71.0 Å². The van der Waals surface area contributed by atoms with Gasteiger partial charge >= 0.3 is 5.97 Å². The van der Waals surface area contributed by atoms with Crippen molar-refractivity contribution in [1.82, 2.24) is 0 Å². The molecule has 4 aromatic carbocycles. The van der Waals surface area contributed by atoms with E-state index >= 15 is 0 Å². The van der Waals surface area contributed by atoms with Crippen LogP contribution in [0.3, 0.4) is 0 Å². The van der Waals surface area contributed by atoms with Crippen molar-refractivity contribution in [3.8, 4) is 11.1 Å². The topological polar surface area (TPSA) is 73.1 Å². The fourth-order valence-corrected chi connectivity index (χ4v) is 5.24. The molecule has 6 heteroatoms. The van der Waals surface area contributed by atoms with E-state index in [4.69, 9.17) is 5.10 Å². The lowest BCUT2D eigenvalue weighted by atomic mass is 9.91. The number of aliphatic hydroxyl groups is 1. The van der Waals surface area contributed by atoms with E-state index in [9.17, 15) is 19.4 Å². The number of halogens is 1. The summed E-state index contributed by atoms with van der Waals surface area (Å²) in [7, 11) is 0. The normalized spacial score (nSPS) is 16.8. The molecule has 0 aromatic heterocycles. The first kappa shape index (κ1) is 26.3. The van der Waals surface area contributed by atoms with Gasteiger partial charge in [-0.15, -0.1) is 0 Å². The highest BCUT2D eigenvalue weighted by Gasteiger charge is 2.37. The smallest absolute Gasteiger partial charge is 0.305 e. The Balaban J connectivity index is 1.37. The molecule has 1 heterocycles. The quantitative estimate of drug-likeness (QED) is 0.274. The fraction of sp³-hybridized carbons (Fsp3) is 0.212. The molecule has 39 heavy (non-hydrogen) atoms. The number of aryl methyl sites for hydroxylation is 1. The van der Waals surface area contributed by atoms with E-state index in [1.807, 2.05) is 91.7 Å². The first-order valence-corrected chi connectivity index (χ1v) is 13.1. The highest BCUT2D eigenvalue weighted by molar-refractivity contribution is 6.05. The van der Waals surface area contributed by atoms with Crippen molar-refractivity contribution in [2.75, 3.05) is 5.01 Å². The molecular formula is C33H31FN2O3. The largest absolute Gasteiger partial charge is 0.481 e. The average Bonchev–Trinajstić information content (AvgIpc) is 3.26. The van der Waals surface area contributed by atoms with E-state index < -0.39 is 5.97 Å². The van der Waals surface area contributed by atoms with E-state index in [0.29, 0.717) is 17.5 Å². The molecule has 198 valence electrons. The molecule has 0 spiro atoms. The minimum absolute atomic E-state index is 0.00387. The second kappa shape index (κ2) is 11.2. The third-order valence-electron chi connectivity index (χ3n) is 7.45. The summed E-state index contributed by atoms with van der Waals surface area (Å²) in [5.41, 5.74) is 7.97. The zero-order valence-corrected chi connectivity index (χ0v) is 22.0. The maximum atomic E-state index is 14.5. The number of benzene rings is 4. The number of carbonyl (C=O) groups is 1. The Morgan fingerprint density at radius 3 is 2.31 bits per heavy atom. The molecule has 2 atom stereocenters. The number of carboxylic acid groups (broad SMARTS) is 1. The summed E-state index contributed by atoms with van der Waals surface area (Å²) >= 11 is 0. The number of anilines is 1. The van der Waals surface area contributed by atoms with Gasteiger partial charge in [0.25, 0.3) is 0 Å². The molecule has 0 aliphatic carbocycles. The predicted molar refractivity (Wildman–Crippen MR) is 152 cm³/mol. The number of hydrazone groups is 1. The molecule has 2 N–H and O–H groups in total. The molecule has 4 aromatic rings. The Hall–Kier alpha value is -4.29. The van der Waals surface area contributed by atoms with Crippen LogP contribution in [0, 0.1) is 18.7 Å². The molecule has 0 fully saturated rings. The minimum atomic E-state index is -0.847. The van der Waals surface area contributed by atoms with Crippen LogP contribution < -0.4 is 5.01 Å². The maximum Gasteiger partial charge on any atom is 0.305 e. The van der Waals surface area contributed by atoms with Crippen LogP contribution in [-0.2, 0) is 17.8 Å². The second-order valence-electron chi connectivity index (χ2n) is 10.1. The number of hydrogen-bond donors (Lipinski definition) is 2. The van der Waals surface area contributed by atoms with Crippen LogP contribution >= 0.6 is 0 Å². The summed E-state index contributed by atoms with van der Waals surface area (Å²) in [6, 6.07) is 28.3. The van der Waals surface area contributed by atoms with Crippen molar-refractivity contribution >= 4 is 17.4 Å². The Kier molecular flexibility index (Phi) is 7.57. The molecule has 0 bridgehead atoms. The van der Waals surface area contributed by atoms with Gasteiger partial charge in [-0.25, -0.2) is 4.39 Å². The number of nitrogens with zero attached hydrogens (tertiary/aromatic N) is 2. The van der Waals surface area contributed by atoms with Crippen LogP contribution in [0.5, 0.6) is 0 Å². The fourth-order valence-electron chi connectivity index (χ4n) is 5.24. The first-order valence-electron chi connectivity index (χ1n) is 13.1. The molecule has 0 amide bonds. The maximum absolute atomic E-state index is 14.5. The third-order valence-corrected chi connectivity index (χ3v) is 7.45. The van der Waals surface area contributed by atoms with Crippen molar-refractivity contribution < 1.29 is 19.4 Å². The van der Waals surface area contributed by atoms with E-state index in [1.165, 1.54) is 6.07 Å². The minimum Gasteiger partial charge on any atom is -0.481 e. The molecule has 0 saturated heterocycles. The molecule has 5 rings (SSSR count). The van der Waals surface area contributed by atoms with Crippen LogP contribution in [0.1, 0.15) is 41.2 Å². The van der Waals surface area contributed by atoms with Gasteiger partial charge in [0.15, 0.2) is 0 Å². The zero-order chi connectivity index (χ0) is 27.5. The number of rotatable bonds is 8. The summed E-state index contributed by atoms with van der Waals surface area (Å²) in [6.07, 6.45) is 0.704. The molecule has 5 nitrogen and oxygen atoms in total. The molecule has 2 unspecified atom stereocenters. The Bertz CT molecular complexity index is 1520. The summed E-state index contributed by atoms with van der Waals surface area (Å²) in [5.74, 6) is -1.20. The van der Waals surface area contributed by atoms with Crippen LogP contribution in [-0.4, -0.2) is 27.9 Å². The molecule has 1 aliphatic rings. The highest BCUT2D eigenvalue weighted by atomic mass is 19.1. The average molecular weight is 523 g/mol. The van der Waals surface area contributed by atoms with Gasteiger partial charge in [-0.2, -0.15) is 5.10 Å². The van der Waals surface area contributed by atoms with Gasteiger partial charge in [0, 0.05) is 11.5 Å². The number of hydrogen-bond acceptors (Lipinski definition) is 4. The standard InChI is InChI=1S/C33H31FN2O3/c1-21-16-27(29-18-24(20-37)10-15-30(29)34)12-11-26(21)17-23-8-13-28(14-9-23)36-31(19-32(38)39)22(2)33(35-36)25-6-4-3-5-7-25/h3-16,18,22,31,37H,17,19-20H2,1-2H3,(H,38,39). The van der Waals surface area contributed by atoms with E-state index in [2.05, 4.69) is 0 Å². The summed E-state index contributed by atoms with van der Waals surface area (Å²) in [4.78, 5) is 11.7. The van der Waals surface area contributed by atoms with Crippen molar-refractivity contribution in [2.45, 2.75) is 39.3 Å². The van der Waals surface area contributed by atoms with Gasteiger partial charge in [-0.3, -0.25) is 9.80 Å².